The van der Waals surface area contributed by atoms with E-state index in [0.717, 1.165) is 0 Å². The Morgan fingerprint density at radius 2 is 2.31 bits per heavy atom. The minimum atomic E-state index is -1.29. The highest BCUT2D eigenvalue weighted by molar-refractivity contribution is 7.76. The molecule has 1 aliphatic heterocycles. The van der Waals surface area contributed by atoms with Crippen LogP contribution in [0, 0.1) is 0 Å². The second kappa shape index (κ2) is 4.87. The summed E-state index contributed by atoms with van der Waals surface area (Å²) in [6.45, 7) is 4.68. The molecule has 1 saturated heterocycles. The number of ether oxygens (including phenoxy) is 2. The molecule has 0 aliphatic carbocycles. The molecule has 0 saturated carbocycles. The van der Waals surface area contributed by atoms with Crippen molar-refractivity contribution < 1.29 is 18.5 Å². The minimum Gasteiger partial charge on any atom is -0.348 e. The Bertz CT molecular complexity index is 167. The maximum Gasteiger partial charge on any atom is 0.276 e. The van der Waals surface area contributed by atoms with Crippen LogP contribution in [0.25, 0.3) is 0 Å². The number of rotatable bonds is 4. The monoisotopic (exact) mass is 228 g/mol. The van der Waals surface area contributed by atoms with E-state index in [1.165, 1.54) is 7.11 Å². The molecule has 0 aromatic rings. The van der Waals surface area contributed by atoms with Crippen molar-refractivity contribution in [2.24, 2.45) is 0 Å². The molecule has 0 amide bonds. The highest BCUT2D eigenvalue weighted by atomic mass is 35.7. The van der Waals surface area contributed by atoms with E-state index in [-0.39, 0.29) is 6.10 Å². The van der Waals surface area contributed by atoms with Crippen LogP contribution in [0.3, 0.4) is 0 Å². The average molecular weight is 229 g/mol. The smallest absolute Gasteiger partial charge is 0.276 e. The van der Waals surface area contributed by atoms with E-state index in [2.05, 4.69) is 0 Å². The highest BCUT2D eigenvalue weighted by Gasteiger charge is 2.33. The highest BCUT2D eigenvalue weighted by Crippen LogP contribution is 2.43. The van der Waals surface area contributed by atoms with Crippen molar-refractivity contribution in [1.29, 1.82) is 0 Å². The van der Waals surface area contributed by atoms with Crippen LogP contribution < -0.4 is 0 Å². The maximum absolute atomic E-state index is 5.64. The molecule has 0 radical (unpaired) electrons. The van der Waals surface area contributed by atoms with Crippen LogP contribution in [-0.4, -0.2) is 32.2 Å². The van der Waals surface area contributed by atoms with E-state index in [1.807, 2.05) is 13.8 Å². The summed E-state index contributed by atoms with van der Waals surface area (Å²) in [6.07, 6.45) is -0.0473. The van der Waals surface area contributed by atoms with Crippen molar-refractivity contribution in [3.05, 3.63) is 0 Å². The molecule has 1 heterocycles. The molecule has 0 N–H and O–H groups in total. The molecule has 1 rings (SSSR count). The van der Waals surface area contributed by atoms with Gasteiger partial charge < -0.3 is 18.5 Å². The third-order valence-electron chi connectivity index (χ3n) is 1.57. The third-order valence-corrected chi connectivity index (χ3v) is 2.92. The Morgan fingerprint density at radius 3 is 2.77 bits per heavy atom. The zero-order valence-corrected chi connectivity index (χ0v) is 9.60. The molecule has 6 heteroatoms. The quantitative estimate of drug-likeness (QED) is 0.692. The topological polar surface area (TPSA) is 36.9 Å². The molecule has 78 valence electrons. The van der Waals surface area contributed by atoms with Gasteiger partial charge in [0, 0.05) is 7.11 Å². The van der Waals surface area contributed by atoms with E-state index in [0.29, 0.717) is 13.2 Å². The van der Waals surface area contributed by atoms with Crippen molar-refractivity contribution in [2.75, 3.05) is 20.3 Å². The van der Waals surface area contributed by atoms with E-state index in [1.54, 1.807) is 0 Å². The molecule has 0 bridgehead atoms. The lowest BCUT2D eigenvalue weighted by atomic mass is 10.4. The van der Waals surface area contributed by atoms with Gasteiger partial charge >= 0.3 is 0 Å². The van der Waals surface area contributed by atoms with Gasteiger partial charge in [-0.05, 0) is 25.1 Å². The lowest BCUT2D eigenvalue weighted by molar-refractivity contribution is -0.141. The molecule has 0 spiro atoms. The molecular formula is C7H14ClO4P. The number of hydrogen-bond acceptors (Lipinski definition) is 4. The molecule has 1 fully saturated rings. The predicted octanol–water partition coefficient (Wildman–Crippen LogP) is 2.27. The minimum absolute atomic E-state index is 0.0473. The average Bonchev–Trinajstić information content (AvgIpc) is 2.41. The zero-order chi connectivity index (χ0) is 9.90. The van der Waals surface area contributed by atoms with Crippen molar-refractivity contribution in [3.63, 3.8) is 0 Å². The fourth-order valence-corrected chi connectivity index (χ4v) is 1.60. The van der Waals surface area contributed by atoms with Crippen LogP contribution in [0.15, 0.2) is 0 Å². The van der Waals surface area contributed by atoms with Crippen molar-refractivity contribution in [2.45, 2.75) is 25.7 Å². The normalized spacial score (nSPS) is 29.1. The summed E-state index contributed by atoms with van der Waals surface area (Å²) in [5.41, 5.74) is 0. The van der Waals surface area contributed by atoms with E-state index < -0.39 is 13.5 Å². The summed E-state index contributed by atoms with van der Waals surface area (Å²) in [7, 11) is 0.220. The second-order valence-electron chi connectivity index (χ2n) is 3.14. The largest absolute Gasteiger partial charge is 0.348 e. The van der Waals surface area contributed by atoms with Gasteiger partial charge in [0.2, 0.25) is 0 Å². The van der Waals surface area contributed by atoms with Gasteiger partial charge in [-0.15, -0.1) is 0 Å². The van der Waals surface area contributed by atoms with Gasteiger partial charge in [0.05, 0.1) is 13.2 Å². The van der Waals surface area contributed by atoms with Gasteiger partial charge in [-0.1, -0.05) is 0 Å². The Hall–Kier alpha value is 0.560. The molecular weight excluding hydrogens is 214 g/mol. The van der Waals surface area contributed by atoms with Crippen LogP contribution in [0.4, 0.5) is 0 Å². The fraction of sp³-hybridized carbons (Fsp3) is 1.00. The van der Waals surface area contributed by atoms with Crippen molar-refractivity contribution in [1.82, 2.24) is 0 Å². The number of hydrogen-bond donors (Lipinski definition) is 0. The van der Waals surface area contributed by atoms with Crippen molar-refractivity contribution in [3.8, 4) is 0 Å². The van der Waals surface area contributed by atoms with Gasteiger partial charge in [0.25, 0.3) is 7.73 Å². The third kappa shape index (κ3) is 4.07. The van der Waals surface area contributed by atoms with Crippen LogP contribution in [-0.2, 0) is 18.5 Å². The lowest BCUT2D eigenvalue weighted by Gasteiger charge is -2.17. The van der Waals surface area contributed by atoms with Gasteiger partial charge in [-0.25, -0.2) is 0 Å². The summed E-state index contributed by atoms with van der Waals surface area (Å²) in [4.78, 5) is 0. The maximum atomic E-state index is 5.64. The first-order valence-corrected chi connectivity index (χ1v) is 6.06. The van der Waals surface area contributed by atoms with Gasteiger partial charge in [-0.3, -0.25) is 0 Å². The molecule has 13 heavy (non-hydrogen) atoms. The number of halogens is 1. The van der Waals surface area contributed by atoms with E-state index >= 15 is 0 Å². The van der Waals surface area contributed by atoms with Crippen LogP contribution in [0.2, 0.25) is 0 Å². The first-order chi connectivity index (χ1) is 6.03. The molecule has 1 aliphatic rings. The Morgan fingerprint density at radius 1 is 1.62 bits per heavy atom. The first-order valence-electron chi connectivity index (χ1n) is 3.98. The fourth-order valence-electron chi connectivity index (χ4n) is 1.04. The molecule has 2 atom stereocenters. The summed E-state index contributed by atoms with van der Waals surface area (Å²) in [5.74, 6) is -0.504. The predicted molar refractivity (Wildman–Crippen MR) is 50.6 cm³/mol. The first kappa shape index (κ1) is 11.6. The summed E-state index contributed by atoms with van der Waals surface area (Å²) >= 11 is 5.64. The second-order valence-corrected chi connectivity index (χ2v) is 5.02. The molecule has 4 nitrogen and oxygen atoms in total. The molecule has 0 aromatic carbocycles. The van der Waals surface area contributed by atoms with Gasteiger partial charge in [-0.2, -0.15) is 0 Å². The van der Waals surface area contributed by atoms with Crippen LogP contribution in [0.1, 0.15) is 13.8 Å². The molecule has 1 unspecified atom stereocenters. The standard InChI is InChI=1S/C7H14ClO4P/c1-7(2)10-4-6(12-7)5-11-13(8)9-3/h6H,4-5H2,1-3H3/t6-,13?/m1/s1. The lowest BCUT2D eigenvalue weighted by Crippen LogP contribution is -2.23. The Labute approximate surface area is 84.1 Å². The SMILES string of the molecule is COP(Cl)OC[C@H]1COC(C)(C)O1. The molecule has 0 aromatic heterocycles. The van der Waals surface area contributed by atoms with Gasteiger partial charge in [0.1, 0.15) is 6.10 Å². The summed E-state index contributed by atoms with van der Waals surface area (Å²) < 4.78 is 20.8. The zero-order valence-electron chi connectivity index (χ0n) is 7.95. The Balaban J connectivity index is 2.17. The van der Waals surface area contributed by atoms with Gasteiger partial charge in [0.15, 0.2) is 5.79 Å². The Kier molecular flexibility index (Phi) is 4.36. The van der Waals surface area contributed by atoms with Crippen molar-refractivity contribution >= 4 is 19.0 Å². The van der Waals surface area contributed by atoms with E-state index in [9.17, 15) is 0 Å². The summed E-state index contributed by atoms with van der Waals surface area (Å²) in [6, 6.07) is 0. The van der Waals surface area contributed by atoms with E-state index in [4.69, 9.17) is 29.8 Å². The van der Waals surface area contributed by atoms with Crippen LogP contribution in [0.5, 0.6) is 0 Å². The summed E-state index contributed by atoms with van der Waals surface area (Å²) in [5, 5.41) is 0. The van der Waals surface area contributed by atoms with Crippen LogP contribution >= 0.6 is 19.0 Å².